The second-order valence-corrected chi connectivity index (χ2v) is 4.01. The van der Waals surface area contributed by atoms with Crippen molar-refractivity contribution in [2.75, 3.05) is 0 Å². The normalized spacial score (nSPS) is 17.6. The number of imide groups is 1. The fourth-order valence-corrected chi connectivity index (χ4v) is 1.67. The van der Waals surface area contributed by atoms with Crippen molar-refractivity contribution in [1.29, 1.82) is 0 Å². The Morgan fingerprint density at radius 1 is 1.30 bits per heavy atom. The van der Waals surface area contributed by atoms with Crippen LogP contribution < -0.4 is 10.6 Å². The summed E-state index contributed by atoms with van der Waals surface area (Å²) in [6.45, 7) is 2.02. The SMILES string of the molecule is CC/C=C(\C=C/C=C1NC(=O)NC1=O)c1cnccn1. The van der Waals surface area contributed by atoms with Gasteiger partial charge >= 0.3 is 6.03 Å². The third kappa shape index (κ3) is 3.38. The van der Waals surface area contributed by atoms with E-state index in [9.17, 15) is 9.59 Å². The molecule has 2 N–H and O–H groups in total. The van der Waals surface area contributed by atoms with E-state index < -0.39 is 11.9 Å². The molecule has 0 saturated carbocycles. The van der Waals surface area contributed by atoms with Crippen molar-refractivity contribution < 1.29 is 9.59 Å². The minimum atomic E-state index is -0.507. The molecule has 0 spiro atoms. The molecular formula is C14H14N4O2. The van der Waals surface area contributed by atoms with E-state index in [1.807, 2.05) is 19.1 Å². The monoisotopic (exact) mass is 270 g/mol. The number of carbonyl (C=O) groups is 2. The summed E-state index contributed by atoms with van der Waals surface area (Å²) in [5, 5.41) is 4.55. The van der Waals surface area contributed by atoms with Crippen LogP contribution in [-0.2, 0) is 4.79 Å². The van der Waals surface area contributed by atoms with Gasteiger partial charge < -0.3 is 5.32 Å². The smallest absolute Gasteiger partial charge is 0.303 e. The van der Waals surface area contributed by atoms with Crippen LogP contribution in [0.25, 0.3) is 5.57 Å². The number of allylic oxidation sites excluding steroid dienone is 5. The molecule has 6 heteroatoms. The molecule has 1 saturated heterocycles. The van der Waals surface area contributed by atoms with E-state index in [0.717, 1.165) is 17.7 Å². The topological polar surface area (TPSA) is 84.0 Å². The van der Waals surface area contributed by atoms with Crippen LogP contribution in [0.4, 0.5) is 4.79 Å². The molecule has 0 aliphatic carbocycles. The van der Waals surface area contributed by atoms with E-state index in [2.05, 4.69) is 20.6 Å². The largest absolute Gasteiger partial charge is 0.326 e. The first kappa shape index (κ1) is 13.7. The van der Waals surface area contributed by atoms with E-state index in [-0.39, 0.29) is 5.70 Å². The van der Waals surface area contributed by atoms with E-state index in [4.69, 9.17) is 0 Å². The van der Waals surface area contributed by atoms with Crippen molar-refractivity contribution in [3.05, 3.63) is 54.3 Å². The fraction of sp³-hybridized carbons (Fsp3) is 0.143. The van der Waals surface area contributed by atoms with E-state index >= 15 is 0 Å². The molecule has 1 fully saturated rings. The lowest BCUT2D eigenvalue weighted by Crippen LogP contribution is -2.22. The molecule has 6 nitrogen and oxygen atoms in total. The molecule has 1 aliphatic rings. The average Bonchev–Trinajstić information content (AvgIpc) is 2.77. The number of nitrogens with zero attached hydrogens (tertiary/aromatic N) is 2. The molecule has 2 rings (SSSR count). The van der Waals surface area contributed by atoms with E-state index in [1.165, 1.54) is 0 Å². The first-order valence-electron chi connectivity index (χ1n) is 6.18. The van der Waals surface area contributed by atoms with Crippen LogP contribution in [0.3, 0.4) is 0 Å². The molecule has 102 valence electrons. The molecule has 1 aromatic heterocycles. The van der Waals surface area contributed by atoms with E-state index in [0.29, 0.717) is 0 Å². The van der Waals surface area contributed by atoms with Crippen molar-refractivity contribution in [2.45, 2.75) is 13.3 Å². The van der Waals surface area contributed by atoms with Crippen LogP contribution in [-0.4, -0.2) is 21.9 Å². The van der Waals surface area contributed by atoms with Crippen LogP contribution in [0, 0.1) is 0 Å². The summed E-state index contributed by atoms with van der Waals surface area (Å²) in [6, 6.07) is -0.507. The van der Waals surface area contributed by atoms with Gasteiger partial charge in [0, 0.05) is 12.4 Å². The summed E-state index contributed by atoms with van der Waals surface area (Å²) in [7, 11) is 0. The summed E-state index contributed by atoms with van der Waals surface area (Å²) in [4.78, 5) is 30.5. The molecule has 20 heavy (non-hydrogen) atoms. The predicted molar refractivity (Wildman–Crippen MR) is 74.2 cm³/mol. The molecule has 2 heterocycles. The van der Waals surface area contributed by atoms with Crippen molar-refractivity contribution >= 4 is 17.5 Å². The Hall–Kier alpha value is -2.76. The zero-order valence-electron chi connectivity index (χ0n) is 11.0. The molecule has 0 bridgehead atoms. The Morgan fingerprint density at radius 3 is 2.75 bits per heavy atom. The van der Waals surface area contributed by atoms with Gasteiger partial charge in [0.15, 0.2) is 0 Å². The van der Waals surface area contributed by atoms with Gasteiger partial charge in [-0.1, -0.05) is 25.2 Å². The number of aromatic nitrogens is 2. The number of carbonyl (C=O) groups excluding carboxylic acids is 2. The van der Waals surface area contributed by atoms with Gasteiger partial charge in [0.1, 0.15) is 5.70 Å². The van der Waals surface area contributed by atoms with Crippen molar-refractivity contribution in [3.8, 4) is 0 Å². The van der Waals surface area contributed by atoms with Crippen molar-refractivity contribution in [1.82, 2.24) is 20.6 Å². The molecule has 0 atom stereocenters. The van der Waals surface area contributed by atoms with Crippen molar-refractivity contribution in [3.63, 3.8) is 0 Å². The van der Waals surface area contributed by atoms with Gasteiger partial charge in [-0.25, -0.2) is 4.79 Å². The summed E-state index contributed by atoms with van der Waals surface area (Å²) in [6.07, 6.45) is 12.8. The van der Waals surface area contributed by atoms with E-state index in [1.54, 1.807) is 30.7 Å². The molecule has 1 aromatic rings. The number of urea groups is 1. The zero-order chi connectivity index (χ0) is 14.4. The number of rotatable bonds is 4. The second kappa shape index (κ2) is 6.42. The Kier molecular flexibility index (Phi) is 4.39. The molecular weight excluding hydrogens is 256 g/mol. The zero-order valence-corrected chi connectivity index (χ0v) is 11.0. The highest BCUT2D eigenvalue weighted by Crippen LogP contribution is 2.13. The number of hydrogen-bond donors (Lipinski definition) is 2. The maximum absolute atomic E-state index is 11.3. The van der Waals surface area contributed by atoms with Crippen LogP contribution in [0.2, 0.25) is 0 Å². The molecule has 0 radical (unpaired) electrons. The average molecular weight is 270 g/mol. The Morgan fingerprint density at radius 2 is 2.15 bits per heavy atom. The quantitative estimate of drug-likeness (QED) is 0.494. The molecule has 0 aromatic carbocycles. The van der Waals surface area contributed by atoms with Gasteiger partial charge in [0.2, 0.25) is 0 Å². The maximum atomic E-state index is 11.3. The molecule has 3 amide bonds. The minimum absolute atomic E-state index is 0.223. The predicted octanol–water partition coefficient (Wildman–Crippen LogP) is 1.55. The highest BCUT2D eigenvalue weighted by Gasteiger charge is 2.21. The third-order valence-corrected chi connectivity index (χ3v) is 2.54. The highest BCUT2D eigenvalue weighted by atomic mass is 16.2. The Bertz CT molecular complexity index is 603. The molecule has 1 aliphatic heterocycles. The third-order valence-electron chi connectivity index (χ3n) is 2.54. The highest BCUT2D eigenvalue weighted by molar-refractivity contribution is 6.11. The summed E-state index contributed by atoms with van der Waals surface area (Å²) < 4.78 is 0. The standard InChI is InChI=1S/C14H14N4O2/c1-2-4-10(12-9-15-7-8-16-12)5-3-6-11-13(19)18-14(20)17-11/h3-9H,2H2,1H3,(H2,17,18,19,20)/b5-3-,10-4+,11-6?. The first-order valence-corrected chi connectivity index (χ1v) is 6.18. The Labute approximate surface area is 116 Å². The lowest BCUT2D eigenvalue weighted by molar-refractivity contribution is -0.115. The summed E-state index contributed by atoms with van der Waals surface area (Å²) in [5.41, 5.74) is 1.88. The minimum Gasteiger partial charge on any atom is -0.303 e. The number of hydrogen-bond acceptors (Lipinski definition) is 4. The number of nitrogens with one attached hydrogen (secondary N) is 2. The van der Waals surface area contributed by atoms with Crippen LogP contribution in [0.1, 0.15) is 19.0 Å². The van der Waals surface area contributed by atoms with Gasteiger partial charge in [0.25, 0.3) is 5.91 Å². The van der Waals surface area contributed by atoms with Crippen LogP contribution in [0.15, 0.2) is 48.6 Å². The lowest BCUT2D eigenvalue weighted by atomic mass is 10.1. The van der Waals surface area contributed by atoms with Gasteiger partial charge in [-0.3, -0.25) is 20.1 Å². The van der Waals surface area contributed by atoms with Gasteiger partial charge in [-0.2, -0.15) is 0 Å². The molecule has 0 unspecified atom stereocenters. The summed E-state index contributed by atoms with van der Waals surface area (Å²) >= 11 is 0. The fourth-order valence-electron chi connectivity index (χ4n) is 1.67. The second-order valence-electron chi connectivity index (χ2n) is 4.01. The lowest BCUT2D eigenvalue weighted by Gasteiger charge is -1.99. The van der Waals surface area contributed by atoms with Crippen LogP contribution in [0.5, 0.6) is 0 Å². The Balaban J connectivity index is 2.16. The van der Waals surface area contributed by atoms with Gasteiger partial charge in [0.05, 0.1) is 11.9 Å². The van der Waals surface area contributed by atoms with Gasteiger partial charge in [-0.05, 0) is 18.1 Å². The maximum Gasteiger partial charge on any atom is 0.326 e. The van der Waals surface area contributed by atoms with Gasteiger partial charge in [-0.15, -0.1) is 0 Å². The summed E-state index contributed by atoms with van der Waals surface area (Å²) in [5.74, 6) is -0.430. The van der Waals surface area contributed by atoms with Crippen molar-refractivity contribution in [2.24, 2.45) is 0 Å². The first-order chi connectivity index (χ1) is 9.70. The number of amides is 3. The van der Waals surface area contributed by atoms with Crippen LogP contribution >= 0.6 is 0 Å².